The molecule has 190 valence electrons. The Morgan fingerprint density at radius 1 is 0.758 bits per heavy atom. The molecule has 5 fully saturated rings. The molecule has 0 unspecified atom stereocenters. The topological polar surface area (TPSA) is 18.5 Å². The van der Waals surface area contributed by atoms with Crippen LogP contribution in [0, 0.1) is 52.3 Å². The van der Waals surface area contributed by atoms with Crippen molar-refractivity contribution in [2.24, 2.45) is 52.3 Å². The minimum Gasteiger partial charge on any atom is -0.370 e. The maximum Gasteiger partial charge on any atom is 0.0946 e. The number of rotatable bonds is 5. The Morgan fingerprint density at radius 2 is 1.45 bits per heavy atom. The van der Waals surface area contributed by atoms with Crippen molar-refractivity contribution in [3.8, 4) is 0 Å². The highest BCUT2D eigenvalue weighted by Gasteiger charge is 2.66. The van der Waals surface area contributed by atoms with Gasteiger partial charge in [0, 0.05) is 0 Å². The summed E-state index contributed by atoms with van der Waals surface area (Å²) in [6.45, 7) is 19.1. The zero-order valence-electron chi connectivity index (χ0n) is 23.1. The second-order valence-corrected chi connectivity index (χ2v) is 14.7. The van der Waals surface area contributed by atoms with Crippen LogP contribution in [0.25, 0.3) is 0 Å². The molecule has 0 bridgehead atoms. The van der Waals surface area contributed by atoms with E-state index < -0.39 is 0 Å². The summed E-state index contributed by atoms with van der Waals surface area (Å²) in [7, 11) is 0. The number of hydrogen-bond donors (Lipinski definition) is 0. The summed E-state index contributed by atoms with van der Waals surface area (Å²) >= 11 is 0. The molecule has 0 radical (unpaired) electrons. The molecule has 0 aromatic heterocycles. The molecule has 0 aromatic rings. The van der Waals surface area contributed by atoms with E-state index in [1.807, 2.05) is 0 Å². The molecule has 4 saturated carbocycles. The first kappa shape index (κ1) is 24.6. The standard InChI is InChI=1S/C31H54O2/c1-21(2)9-8-10-22(3)25-13-14-26-24-12-11-23-19-30(6)31(7,33-18-17-32-30)20-29(23,5)27(24)15-16-28(25,26)4/h21-27H,8-20H2,1-7H3/t22-,23+,24+,25-,26+,27+,28-,29+,30-,31+/m1/s1. The van der Waals surface area contributed by atoms with Crippen LogP contribution < -0.4 is 0 Å². The molecule has 0 amide bonds. The monoisotopic (exact) mass is 458 g/mol. The summed E-state index contributed by atoms with van der Waals surface area (Å²) in [6.07, 6.45) is 15.6. The summed E-state index contributed by atoms with van der Waals surface area (Å²) in [5, 5.41) is 0. The van der Waals surface area contributed by atoms with E-state index in [0.717, 1.165) is 54.6 Å². The molecule has 2 heteroatoms. The van der Waals surface area contributed by atoms with Crippen molar-refractivity contribution in [2.75, 3.05) is 13.2 Å². The van der Waals surface area contributed by atoms with E-state index in [9.17, 15) is 0 Å². The van der Waals surface area contributed by atoms with Crippen molar-refractivity contribution in [1.82, 2.24) is 0 Å². The molecule has 4 aliphatic carbocycles. The smallest absolute Gasteiger partial charge is 0.0946 e. The first-order valence-corrected chi connectivity index (χ1v) is 14.8. The van der Waals surface area contributed by atoms with Crippen LogP contribution in [0.1, 0.15) is 119 Å². The Hall–Kier alpha value is -0.0800. The summed E-state index contributed by atoms with van der Waals surface area (Å²) in [5.41, 5.74) is 0.830. The normalized spacial score (nSPS) is 52.5. The van der Waals surface area contributed by atoms with Crippen LogP contribution >= 0.6 is 0 Å². The molecule has 0 N–H and O–H groups in total. The number of ether oxygens (including phenoxy) is 2. The Balaban J connectivity index is 1.33. The Bertz CT molecular complexity index is 718. The van der Waals surface area contributed by atoms with E-state index in [1.54, 1.807) is 0 Å². The van der Waals surface area contributed by atoms with E-state index in [0.29, 0.717) is 10.8 Å². The number of fused-ring (bicyclic) bond motifs is 6. The Labute approximate surface area is 205 Å². The maximum atomic E-state index is 6.55. The fraction of sp³-hybridized carbons (Fsp3) is 1.00. The lowest BCUT2D eigenvalue weighted by molar-refractivity contribution is -0.300. The average Bonchev–Trinajstić information content (AvgIpc) is 3.09. The molecular formula is C31H54O2. The molecule has 1 heterocycles. The quantitative estimate of drug-likeness (QED) is 0.412. The third kappa shape index (κ3) is 3.78. The third-order valence-corrected chi connectivity index (χ3v) is 12.7. The van der Waals surface area contributed by atoms with E-state index in [1.165, 1.54) is 70.6 Å². The SMILES string of the molecule is CC(C)CCC[C@@H](C)[C@H]1CC[C@H]2[C@@H]3CC[C@H]4C[C@@]5(C)OCCO[C@@]5(C)C[C@]4(C)[C@H]3CC[C@]12C. The van der Waals surface area contributed by atoms with Gasteiger partial charge in [-0.25, -0.2) is 0 Å². The highest BCUT2D eigenvalue weighted by molar-refractivity contribution is 5.16. The van der Waals surface area contributed by atoms with Gasteiger partial charge in [0.05, 0.1) is 24.4 Å². The van der Waals surface area contributed by atoms with Crippen molar-refractivity contribution >= 4 is 0 Å². The Morgan fingerprint density at radius 3 is 2.18 bits per heavy atom. The van der Waals surface area contributed by atoms with Gasteiger partial charge in [0.1, 0.15) is 0 Å². The maximum absolute atomic E-state index is 6.55. The molecule has 5 aliphatic rings. The van der Waals surface area contributed by atoms with E-state index in [2.05, 4.69) is 48.5 Å². The number of hydrogen-bond acceptors (Lipinski definition) is 2. The molecule has 2 nitrogen and oxygen atoms in total. The second-order valence-electron chi connectivity index (χ2n) is 14.7. The molecular weight excluding hydrogens is 404 g/mol. The highest BCUT2D eigenvalue weighted by atomic mass is 16.6. The van der Waals surface area contributed by atoms with Gasteiger partial charge in [-0.3, -0.25) is 0 Å². The van der Waals surface area contributed by atoms with Crippen LogP contribution in [0.4, 0.5) is 0 Å². The van der Waals surface area contributed by atoms with Gasteiger partial charge >= 0.3 is 0 Å². The van der Waals surface area contributed by atoms with Crippen molar-refractivity contribution in [3.05, 3.63) is 0 Å². The van der Waals surface area contributed by atoms with Crippen LogP contribution in [0.5, 0.6) is 0 Å². The first-order chi connectivity index (χ1) is 15.5. The van der Waals surface area contributed by atoms with Crippen molar-refractivity contribution in [3.63, 3.8) is 0 Å². The van der Waals surface area contributed by atoms with Gasteiger partial charge in [-0.15, -0.1) is 0 Å². The van der Waals surface area contributed by atoms with Crippen LogP contribution in [-0.2, 0) is 9.47 Å². The van der Waals surface area contributed by atoms with Gasteiger partial charge in [-0.1, -0.05) is 53.9 Å². The average molecular weight is 459 g/mol. The lowest BCUT2D eigenvalue weighted by atomic mass is 9.42. The summed E-state index contributed by atoms with van der Waals surface area (Å²) in [5.74, 6) is 6.36. The van der Waals surface area contributed by atoms with E-state index in [4.69, 9.17) is 9.47 Å². The lowest BCUT2D eigenvalue weighted by Crippen LogP contribution is -2.67. The van der Waals surface area contributed by atoms with Gasteiger partial charge in [-0.2, -0.15) is 0 Å². The summed E-state index contributed by atoms with van der Waals surface area (Å²) in [6, 6.07) is 0. The van der Waals surface area contributed by atoms with Crippen molar-refractivity contribution < 1.29 is 9.47 Å². The van der Waals surface area contributed by atoms with Gasteiger partial charge in [0.2, 0.25) is 0 Å². The third-order valence-electron chi connectivity index (χ3n) is 12.7. The van der Waals surface area contributed by atoms with Crippen LogP contribution in [0.2, 0.25) is 0 Å². The lowest BCUT2D eigenvalue weighted by Gasteiger charge is -2.66. The van der Waals surface area contributed by atoms with Crippen LogP contribution in [-0.4, -0.2) is 24.4 Å². The van der Waals surface area contributed by atoms with Crippen molar-refractivity contribution in [1.29, 1.82) is 0 Å². The molecule has 1 aliphatic heterocycles. The fourth-order valence-corrected chi connectivity index (χ4v) is 10.7. The molecule has 5 rings (SSSR count). The highest BCUT2D eigenvalue weighted by Crippen LogP contribution is 2.70. The molecule has 0 aromatic carbocycles. The minimum atomic E-state index is -0.109. The Kier molecular flexibility index (Phi) is 6.34. The van der Waals surface area contributed by atoms with E-state index >= 15 is 0 Å². The fourth-order valence-electron chi connectivity index (χ4n) is 10.7. The zero-order valence-corrected chi connectivity index (χ0v) is 23.1. The molecule has 33 heavy (non-hydrogen) atoms. The zero-order chi connectivity index (χ0) is 23.6. The van der Waals surface area contributed by atoms with E-state index in [-0.39, 0.29) is 11.2 Å². The minimum absolute atomic E-state index is 0.0880. The largest absolute Gasteiger partial charge is 0.370 e. The molecule has 10 atom stereocenters. The molecule has 0 spiro atoms. The van der Waals surface area contributed by atoms with Gasteiger partial charge in [0.25, 0.3) is 0 Å². The first-order valence-electron chi connectivity index (χ1n) is 14.8. The molecule has 1 saturated heterocycles. The summed E-state index contributed by atoms with van der Waals surface area (Å²) in [4.78, 5) is 0. The van der Waals surface area contributed by atoms with Crippen LogP contribution in [0.15, 0.2) is 0 Å². The summed E-state index contributed by atoms with van der Waals surface area (Å²) < 4.78 is 13.0. The van der Waals surface area contributed by atoms with Gasteiger partial charge in [0.15, 0.2) is 0 Å². The predicted molar refractivity (Wildman–Crippen MR) is 137 cm³/mol. The van der Waals surface area contributed by atoms with Crippen molar-refractivity contribution in [2.45, 2.75) is 130 Å². The second kappa shape index (κ2) is 8.50. The van der Waals surface area contributed by atoms with Gasteiger partial charge in [-0.05, 0) is 117 Å². The van der Waals surface area contributed by atoms with Crippen LogP contribution in [0.3, 0.4) is 0 Å². The predicted octanol–water partition coefficient (Wildman–Crippen LogP) is 8.28. The van der Waals surface area contributed by atoms with Gasteiger partial charge < -0.3 is 9.47 Å².